The van der Waals surface area contributed by atoms with Gasteiger partial charge in [0.2, 0.25) is 0 Å². The molecule has 0 saturated heterocycles. The highest BCUT2D eigenvalue weighted by atomic mass is 16.4. The van der Waals surface area contributed by atoms with E-state index in [-0.39, 0.29) is 5.92 Å². The Morgan fingerprint density at radius 2 is 2.00 bits per heavy atom. The first-order chi connectivity index (χ1) is 3.55. The molecule has 0 unspecified atom stereocenters. The summed E-state index contributed by atoms with van der Waals surface area (Å²) < 4.78 is 0. The van der Waals surface area contributed by atoms with Gasteiger partial charge in [0.25, 0.3) is 0 Å². The zero-order valence-electron chi connectivity index (χ0n) is 5.09. The van der Waals surface area contributed by atoms with Crippen molar-refractivity contribution in [3.8, 4) is 0 Å². The third-order valence-electron chi connectivity index (χ3n) is 1.00. The Morgan fingerprint density at radius 1 is 1.62 bits per heavy atom. The quantitative estimate of drug-likeness (QED) is 0.504. The van der Waals surface area contributed by atoms with Gasteiger partial charge in [0.15, 0.2) is 0 Å². The first-order valence-electron chi connectivity index (χ1n) is 2.54. The minimum atomic E-state index is -0.931. The van der Waals surface area contributed by atoms with Crippen LogP contribution >= 0.6 is 0 Å². The zero-order valence-corrected chi connectivity index (χ0v) is 5.09. The molecule has 0 heterocycles. The van der Waals surface area contributed by atoms with Crippen LogP contribution in [-0.4, -0.2) is 17.1 Å². The van der Waals surface area contributed by atoms with Crippen molar-refractivity contribution in [1.82, 2.24) is 0 Å². The number of rotatable bonds is 2. The lowest BCUT2D eigenvalue weighted by molar-refractivity contribution is -0.139. The Bertz CT molecular complexity index is 90.4. The van der Waals surface area contributed by atoms with Crippen LogP contribution in [0.1, 0.15) is 13.8 Å². The molecule has 0 aliphatic heterocycles. The Labute approximate surface area is 48.5 Å². The van der Waals surface area contributed by atoms with E-state index in [2.05, 4.69) is 0 Å². The van der Waals surface area contributed by atoms with E-state index in [1.807, 2.05) is 0 Å². The molecule has 0 radical (unpaired) electrons. The van der Waals surface area contributed by atoms with E-state index >= 15 is 0 Å². The fourth-order valence-electron chi connectivity index (χ4n) is 0.285. The minimum absolute atomic E-state index is 0.0208. The summed E-state index contributed by atoms with van der Waals surface area (Å²) in [6, 6.07) is -0.713. The molecule has 0 aromatic heterocycles. The van der Waals surface area contributed by atoms with Crippen molar-refractivity contribution in [2.24, 2.45) is 11.7 Å². The number of carbonyl (C=O) groups is 1. The van der Waals surface area contributed by atoms with E-state index < -0.39 is 12.0 Å². The van der Waals surface area contributed by atoms with Crippen molar-refractivity contribution in [2.75, 3.05) is 0 Å². The Morgan fingerprint density at radius 3 is 2.00 bits per heavy atom. The van der Waals surface area contributed by atoms with Crippen molar-refractivity contribution in [1.29, 1.82) is 0 Å². The summed E-state index contributed by atoms with van der Waals surface area (Å²) in [4.78, 5) is 10.0. The van der Waals surface area contributed by atoms with Crippen LogP contribution in [0.2, 0.25) is 0 Å². The van der Waals surface area contributed by atoms with Gasteiger partial charge in [0.05, 0.1) is 0 Å². The van der Waals surface area contributed by atoms with E-state index in [1.165, 1.54) is 0 Å². The molecule has 0 rings (SSSR count). The highest BCUT2D eigenvalue weighted by Crippen LogP contribution is 1.96. The molecular formula is C5H11NO2. The van der Waals surface area contributed by atoms with E-state index in [0.717, 1.165) is 0 Å². The smallest absolute Gasteiger partial charge is 0.320 e. The monoisotopic (exact) mass is 118 g/mol. The molecule has 8 heavy (non-hydrogen) atoms. The van der Waals surface area contributed by atoms with Crippen molar-refractivity contribution in [3.05, 3.63) is 0 Å². The fourth-order valence-corrected chi connectivity index (χ4v) is 0.285. The Kier molecular flexibility index (Phi) is 2.48. The van der Waals surface area contributed by atoms with Crippen molar-refractivity contribution >= 4 is 5.97 Å². The second kappa shape index (κ2) is 2.67. The average Bonchev–Trinajstić information content (AvgIpc) is 1.64. The lowest BCUT2D eigenvalue weighted by Gasteiger charge is -2.07. The highest BCUT2D eigenvalue weighted by molar-refractivity contribution is 5.73. The van der Waals surface area contributed by atoms with Crippen LogP contribution in [0.5, 0.6) is 0 Å². The molecule has 0 spiro atoms. The van der Waals surface area contributed by atoms with E-state index in [9.17, 15) is 4.79 Å². The van der Waals surface area contributed by atoms with E-state index in [1.54, 1.807) is 13.8 Å². The lowest BCUT2D eigenvalue weighted by atomic mass is 10.1. The van der Waals surface area contributed by atoms with E-state index in [4.69, 9.17) is 10.8 Å². The minimum Gasteiger partial charge on any atom is -0.480 e. The molecule has 0 saturated carbocycles. The predicted octanol–water partition coefficient (Wildman–Crippen LogP) is 0.0543. The largest absolute Gasteiger partial charge is 0.480 e. The van der Waals surface area contributed by atoms with Crippen LogP contribution in [0.15, 0.2) is 0 Å². The number of carboxylic acid groups (broad SMARTS) is 1. The number of carboxylic acids is 1. The molecule has 0 bridgehead atoms. The summed E-state index contributed by atoms with van der Waals surface area (Å²) in [5.74, 6) is -0.910. The van der Waals surface area contributed by atoms with Crippen LogP contribution in [0, 0.1) is 5.92 Å². The maximum Gasteiger partial charge on any atom is 0.320 e. The summed E-state index contributed by atoms with van der Waals surface area (Å²) >= 11 is 0. The van der Waals surface area contributed by atoms with Gasteiger partial charge in [0.1, 0.15) is 6.04 Å². The predicted molar refractivity (Wildman–Crippen MR) is 30.4 cm³/mol. The first kappa shape index (κ1) is 7.43. The molecule has 3 nitrogen and oxygen atoms in total. The molecule has 0 aliphatic rings. The first-order valence-corrected chi connectivity index (χ1v) is 2.54. The third kappa shape index (κ3) is 1.93. The molecule has 48 valence electrons. The summed E-state index contributed by atoms with van der Waals surface area (Å²) in [7, 11) is 0. The van der Waals surface area contributed by atoms with Gasteiger partial charge in [-0.05, 0) is 5.92 Å². The van der Waals surface area contributed by atoms with Gasteiger partial charge in [-0.15, -0.1) is 0 Å². The second-order valence-corrected chi connectivity index (χ2v) is 2.11. The Hall–Kier alpha value is -0.570. The van der Waals surface area contributed by atoms with Crippen LogP contribution in [-0.2, 0) is 4.79 Å². The van der Waals surface area contributed by atoms with Crippen LogP contribution in [0.3, 0.4) is 0 Å². The highest BCUT2D eigenvalue weighted by Gasteiger charge is 2.14. The third-order valence-corrected chi connectivity index (χ3v) is 1.00. The molecule has 0 amide bonds. The fraction of sp³-hybridized carbons (Fsp3) is 0.800. The summed E-state index contributed by atoms with van der Waals surface area (Å²) in [6.45, 7) is 3.55. The summed E-state index contributed by atoms with van der Waals surface area (Å²) in [5.41, 5.74) is 5.16. The number of nitrogens with two attached hydrogens (primary N) is 1. The zero-order chi connectivity index (χ0) is 6.73. The maximum absolute atomic E-state index is 10.0. The molecule has 1 atom stereocenters. The normalized spacial score (nSPS) is 14.0. The van der Waals surface area contributed by atoms with Crippen LogP contribution in [0.25, 0.3) is 0 Å². The SMILES string of the molecule is CC(C)[C@H]([15NH2])C(=O)O. The summed E-state index contributed by atoms with van der Waals surface area (Å²) in [5, 5.41) is 8.23. The van der Waals surface area contributed by atoms with Gasteiger partial charge in [-0.3, -0.25) is 4.79 Å². The molecular weight excluding hydrogens is 107 g/mol. The Balaban J connectivity index is 3.64. The van der Waals surface area contributed by atoms with Crippen molar-refractivity contribution < 1.29 is 9.90 Å². The van der Waals surface area contributed by atoms with Crippen molar-refractivity contribution in [3.63, 3.8) is 0 Å². The topological polar surface area (TPSA) is 63.3 Å². The number of hydrogen-bond acceptors (Lipinski definition) is 2. The second-order valence-electron chi connectivity index (χ2n) is 2.11. The van der Waals surface area contributed by atoms with Gasteiger partial charge in [-0.25, -0.2) is 0 Å². The lowest BCUT2D eigenvalue weighted by Crippen LogP contribution is -2.34. The van der Waals surface area contributed by atoms with Crippen LogP contribution < -0.4 is 5.73 Å². The molecule has 0 aliphatic carbocycles. The maximum atomic E-state index is 10.0. The number of hydrogen-bond donors (Lipinski definition) is 2. The van der Waals surface area contributed by atoms with Crippen molar-refractivity contribution in [2.45, 2.75) is 19.9 Å². The number of aliphatic carboxylic acids is 1. The van der Waals surface area contributed by atoms with Gasteiger partial charge < -0.3 is 10.8 Å². The molecule has 0 fully saturated rings. The summed E-state index contributed by atoms with van der Waals surface area (Å²) in [6.07, 6.45) is 0. The van der Waals surface area contributed by atoms with Crippen LogP contribution in [0.4, 0.5) is 0 Å². The molecule has 3 N–H and O–H groups in total. The molecule has 0 aromatic rings. The molecule has 3 heteroatoms. The molecule has 0 aromatic carbocycles. The standard InChI is InChI=1S/C5H11NO2/c1-3(2)4(6)5(7)8/h3-4H,6H2,1-2H3,(H,7,8)/t4-/m0/s1/i6+1. The van der Waals surface area contributed by atoms with Gasteiger partial charge in [-0.2, -0.15) is 0 Å². The van der Waals surface area contributed by atoms with Gasteiger partial charge in [-0.1, -0.05) is 13.8 Å². The van der Waals surface area contributed by atoms with Gasteiger partial charge >= 0.3 is 5.97 Å². The van der Waals surface area contributed by atoms with Gasteiger partial charge in [0, 0.05) is 0 Å². The average molecular weight is 118 g/mol. The van der Waals surface area contributed by atoms with E-state index in [0.29, 0.717) is 0 Å².